The zero-order valence-electron chi connectivity index (χ0n) is 10.7. The summed E-state index contributed by atoms with van der Waals surface area (Å²) in [7, 11) is 0. The fourth-order valence-corrected chi connectivity index (χ4v) is 2.47. The van der Waals surface area contributed by atoms with Crippen LogP contribution < -0.4 is 0 Å². The van der Waals surface area contributed by atoms with Crippen LogP contribution in [0.3, 0.4) is 0 Å². The molecule has 1 rings (SSSR count). The maximum absolute atomic E-state index is 12.3. The molecule has 0 aromatic rings. The molecule has 0 aromatic heterocycles. The number of ketones is 2. The second-order valence-corrected chi connectivity index (χ2v) is 5.06. The van der Waals surface area contributed by atoms with Crippen molar-refractivity contribution in [2.75, 3.05) is 0 Å². The maximum Gasteiger partial charge on any atom is 0.160 e. The zero-order chi connectivity index (χ0) is 13.2. The van der Waals surface area contributed by atoms with Gasteiger partial charge in [-0.3, -0.25) is 9.59 Å². The van der Waals surface area contributed by atoms with E-state index >= 15 is 0 Å². The molecule has 1 aliphatic carbocycles. The van der Waals surface area contributed by atoms with E-state index in [1.54, 1.807) is 6.92 Å². The third-order valence-corrected chi connectivity index (χ3v) is 3.09. The van der Waals surface area contributed by atoms with E-state index in [1.807, 2.05) is 26.0 Å². The van der Waals surface area contributed by atoms with Gasteiger partial charge in [0.05, 0.1) is 0 Å². The molecule has 1 aliphatic rings. The summed E-state index contributed by atoms with van der Waals surface area (Å²) in [6, 6.07) is 0. The predicted octanol–water partition coefficient (Wildman–Crippen LogP) is 2.26. The predicted molar refractivity (Wildman–Crippen MR) is 65.5 cm³/mol. The minimum atomic E-state index is -1.13. The van der Waals surface area contributed by atoms with Crippen LogP contribution in [0.1, 0.15) is 34.1 Å². The minimum absolute atomic E-state index is 0.299. The summed E-state index contributed by atoms with van der Waals surface area (Å²) in [5.41, 5.74) is 1.35. The molecule has 0 radical (unpaired) electrons. The van der Waals surface area contributed by atoms with Gasteiger partial charge in [0.2, 0.25) is 0 Å². The van der Waals surface area contributed by atoms with Crippen molar-refractivity contribution in [3.8, 4) is 0 Å². The third kappa shape index (κ3) is 2.78. The average Bonchev–Trinajstić information content (AvgIpc) is 2.15. The van der Waals surface area contributed by atoms with Gasteiger partial charge >= 0.3 is 0 Å². The maximum atomic E-state index is 12.3. The third-order valence-electron chi connectivity index (χ3n) is 3.09. The number of allylic oxidation sites excluding steroid dienone is 4. The molecular weight excluding hydrogens is 216 g/mol. The molecule has 2 atom stereocenters. The van der Waals surface area contributed by atoms with Crippen LogP contribution in [0.5, 0.6) is 0 Å². The van der Waals surface area contributed by atoms with Crippen LogP contribution in [0, 0.1) is 11.3 Å². The monoisotopic (exact) mass is 234 g/mol. The van der Waals surface area contributed by atoms with Crippen molar-refractivity contribution >= 4 is 17.9 Å². The Morgan fingerprint density at radius 3 is 2.41 bits per heavy atom. The smallest absolute Gasteiger partial charge is 0.160 e. The largest absolute Gasteiger partial charge is 0.302 e. The quantitative estimate of drug-likeness (QED) is 0.554. The lowest BCUT2D eigenvalue weighted by Crippen LogP contribution is -2.37. The lowest BCUT2D eigenvalue weighted by Gasteiger charge is -2.30. The van der Waals surface area contributed by atoms with Gasteiger partial charge in [-0.15, -0.1) is 0 Å². The molecule has 0 fully saturated rings. The molecule has 0 saturated heterocycles. The fourth-order valence-electron chi connectivity index (χ4n) is 2.47. The Morgan fingerprint density at radius 1 is 1.41 bits per heavy atom. The molecule has 0 saturated carbocycles. The molecule has 0 aromatic carbocycles. The van der Waals surface area contributed by atoms with Crippen molar-refractivity contribution in [3.63, 3.8) is 0 Å². The molecular formula is C14H18O3. The van der Waals surface area contributed by atoms with Gasteiger partial charge in [-0.2, -0.15) is 0 Å². The highest BCUT2D eigenvalue weighted by Crippen LogP contribution is 2.36. The summed E-state index contributed by atoms with van der Waals surface area (Å²) in [6.07, 6.45) is 4.88. The van der Waals surface area contributed by atoms with E-state index in [-0.39, 0.29) is 11.6 Å². The Bertz CT molecular complexity index is 429. The molecule has 2 unspecified atom stereocenters. The summed E-state index contributed by atoms with van der Waals surface area (Å²) in [6.45, 7) is 6.93. The number of rotatable bonds is 4. The van der Waals surface area contributed by atoms with Crippen molar-refractivity contribution in [1.29, 1.82) is 0 Å². The van der Waals surface area contributed by atoms with Gasteiger partial charge in [-0.05, 0) is 34.1 Å². The summed E-state index contributed by atoms with van der Waals surface area (Å²) >= 11 is 0. The minimum Gasteiger partial charge on any atom is -0.302 e. The Labute approximate surface area is 102 Å². The summed E-state index contributed by atoms with van der Waals surface area (Å²) in [4.78, 5) is 34.4. The van der Waals surface area contributed by atoms with Crippen LogP contribution in [0.2, 0.25) is 0 Å². The lowest BCUT2D eigenvalue weighted by molar-refractivity contribution is -0.139. The summed E-state index contributed by atoms with van der Waals surface area (Å²) in [5, 5.41) is 0. The molecule has 0 aliphatic heterocycles. The van der Waals surface area contributed by atoms with Gasteiger partial charge in [0, 0.05) is 5.41 Å². The van der Waals surface area contributed by atoms with E-state index < -0.39 is 11.3 Å². The number of Topliss-reactive ketones (excluding diaryl/α,β-unsaturated/α-hetero) is 2. The van der Waals surface area contributed by atoms with Gasteiger partial charge < -0.3 is 4.79 Å². The first-order chi connectivity index (χ1) is 7.80. The average molecular weight is 234 g/mol. The van der Waals surface area contributed by atoms with Crippen LogP contribution in [-0.4, -0.2) is 17.9 Å². The van der Waals surface area contributed by atoms with Gasteiger partial charge in [0.25, 0.3) is 0 Å². The topological polar surface area (TPSA) is 51.2 Å². The lowest BCUT2D eigenvalue weighted by atomic mass is 9.71. The highest BCUT2D eigenvalue weighted by molar-refractivity contribution is 6.15. The SMILES string of the molecule is CC(=O)C(C=O)C(=O)C1(C)C=C(C)C=C(C)C1. The molecule has 17 heavy (non-hydrogen) atoms. The van der Waals surface area contributed by atoms with Gasteiger partial charge in [-0.1, -0.05) is 23.3 Å². The number of aldehydes is 1. The molecule has 3 heteroatoms. The zero-order valence-corrected chi connectivity index (χ0v) is 10.7. The van der Waals surface area contributed by atoms with Gasteiger partial charge in [-0.25, -0.2) is 0 Å². The standard InChI is InChI=1S/C14H18O3/c1-9-5-10(2)7-14(4,6-9)13(17)12(8-15)11(3)16/h5-6,8,12H,7H2,1-4H3. The van der Waals surface area contributed by atoms with E-state index in [1.165, 1.54) is 6.92 Å². The van der Waals surface area contributed by atoms with Crippen LogP contribution >= 0.6 is 0 Å². The number of hydrogen-bond donors (Lipinski definition) is 0. The van der Waals surface area contributed by atoms with Crippen molar-refractivity contribution in [1.82, 2.24) is 0 Å². The molecule has 92 valence electrons. The molecule has 3 nitrogen and oxygen atoms in total. The first-order valence-electron chi connectivity index (χ1n) is 5.67. The van der Waals surface area contributed by atoms with E-state index in [0.717, 1.165) is 11.1 Å². The highest BCUT2D eigenvalue weighted by Gasteiger charge is 2.39. The van der Waals surface area contributed by atoms with Gasteiger partial charge in [0.1, 0.15) is 18.0 Å². The van der Waals surface area contributed by atoms with E-state index in [0.29, 0.717) is 12.7 Å². The van der Waals surface area contributed by atoms with Crippen molar-refractivity contribution in [3.05, 3.63) is 23.3 Å². The molecule has 0 bridgehead atoms. The molecule has 0 spiro atoms. The normalized spacial score (nSPS) is 25.6. The van der Waals surface area contributed by atoms with E-state index in [4.69, 9.17) is 0 Å². The first-order valence-corrected chi connectivity index (χ1v) is 5.67. The van der Waals surface area contributed by atoms with Crippen molar-refractivity contribution in [2.24, 2.45) is 11.3 Å². The molecule has 0 heterocycles. The number of hydrogen-bond acceptors (Lipinski definition) is 3. The molecule has 0 N–H and O–H groups in total. The van der Waals surface area contributed by atoms with Crippen LogP contribution in [0.15, 0.2) is 23.3 Å². The van der Waals surface area contributed by atoms with Gasteiger partial charge in [0.15, 0.2) is 5.78 Å². The summed E-state index contributed by atoms with van der Waals surface area (Å²) < 4.78 is 0. The highest BCUT2D eigenvalue weighted by atomic mass is 16.2. The number of carbonyl (C=O) groups excluding carboxylic acids is 3. The first kappa shape index (κ1) is 13.6. The van der Waals surface area contributed by atoms with Crippen LogP contribution in [-0.2, 0) is 14.4 Å². The van der Waals surface area contributed by atoms with Crippen LogP contribution in [0.4, 0.5) is 0 Å². The Morgan fingerprint density at radius 2 is 2.00 bits per heavy atom. The van der Waals surface area contributed by atoms with Crippen molar-refractivity contribution in [2.45, 2.75) is 34.1 Å². The Balaban J connectivity index is 3.08. The molecule has 0 amide bonds. The second kappa shape index (κ2) is 4.78. The fraction of sp³-hybridized carbons (Fsp3) is 0.500. The van der Waals surface area contributed by atoms with E-state index in [9.17, 15) is 14.4 Å². The van der Waals surface area contributed by atoms with Crippen LogP contribution in [0.25, 0.3) is 0 Å². The Kier molecular flexibility index (Phi) is 3.81. The summed E-state index contributed by atoms with van der Waals surface area (Å²) in [5.74, 6) is -1.81. The van der Waals surface area contributed by atoms with E-state index in [2.05, 4.69) is 0 Å². The van der Waals surface area contributed by atoms with Crippen molar-refractivity contribution < 1.29 is 14.4 Å². The Hall–Kier alpha value is -1.51. The number of carbonyl (C=O) groups is 3. The second-order valence-electron chi connectivity index (χ2n) is 5.06.